The van der Waals surface area contributed by atoms with Crippen LogP contribution in [0.3, 0.4) is 0 Å². The molecule has 0 saturated carbocycles. The molecule has 1 saturated heterocycles. The summed E-state index contributed by atoms with van der Waals surface area (Å²) in [5.41, 5.74) is 2.99. The Morgan fingerprint density at radius 1 is 0.889 bits per heavy atom. The zero-order chi connectivity index (χ0) is 18.9. The van der Waals surface area contributed by atoms with Crippen molar-refractivity contribution in [2.45, 2.75) is 12.7 Å². The van der Waals surface area contributed by atoms with Gasteiger partial charge in [0.25, 0.3) is 0 Å². The van der Waals surface area contributed by atoms with Gasteiger partial charge in [-0.25, -0.2) is 8.42 Å². The van der Waals surface area contributed by atoms with Crippen molar-refractivity contribution in [2.24, 2.45) is 0 Å². The quantitative estimate of drug-likeness (QED) is 0.805. The average molecular weight is 388 g/mol. The first kappa shape index (κ1) is 18.1. The molecule has 0 amide bonds. The predicted molar refractivity (Wildman–Crippen MR) is 105 cm³/mol. The van der Waals surface area contributed by atoms with Crippen LogP contribution in [0.15, 0.2) is 42.5 Å². The summed E-state index contributed by atoms with van der Waals surface area (Å²) >= 11 is 0. The van der Waals surface area contributed by atoms with E-state index in [2.05, 4.69) is 4.90 Å². The van der Waals surface area contributed by atoms with E-state index in [1.54, 1.807) is 4.31 Å². The number of benzene rings is 2. The molecule has 0 bridgehead atoms. The van der Waals surface area contributed by atoms with Gasteiger partial charge in [-0.15, -0.1) is 0 Å². The third-order valence-corrected chi connectivity index (χ3v) is 6.84. The van der Waals surface area contributed by atoms with E-state index in [0.29, 0.717) is 39.4 Å². The van der Waals surface area contributed by atoms with Gasteiger partial charge in [-0.05, 0) is 24.6 Å². The molecule has 0 N–H and O–H groups in total. The maximum absolute atomic E-state index is 12.7. The van der Waals surface area contributed by atoms with Crippen LogP contribution in [0.5, 0.6) is 11.5 Å². The lowest BCUT2D eigenvalue weighted by Crippen LogP contribution is -2.49. The summed E-state index contributed by atoms with van der Waals surface area (Å²) in [5, 5.41) is 0. The Bertz CT molecular complexity index is 904. The van der Waals surface area contributed by atoms with Crippen LogP contribution in [0.4, 0.5) is 5.69 Å². The SMILES string of the molecule is Cc1ccc(CS(=O)(=O)N2CCN(c3ccc4c(c3)OCCO4)CC2)cc1. The van der Waals surface area contributed by atoms with Crippen LogP contribution >= 0.6 is 0 Å². The molecule has 0 aromatic heterocycles. The molecule has 0 atom stereocenters. The second kappa shape index (κ2) is 7.40. The van der Waals surface area contributed by atoms with Crippen molar-refractivity contribution in [1.29, 1.82) is 0 Å². The van der Waals surface area contributed by atoms with Gasteiger partial charge in [-0.1, -0.05) is 29.8 Å². The Kier molecular flexibility index (Phi) is 4.97. The van der Waals surface area contributed by atoms with E-state index < -0.39 is 10.0 Å². The molecule has 2 aliphatic heterocycles. The monoisotopic (exact) mass is 388 g/mol. The van der Waals surface area contributed by atoms with E-state index >= 15 is 0 Å². The fourth-order valence-corrected chi connectivity index (χ4v) is 4.96. The molecular formula is C20H24N2O4S. The zero-order valence-electron chi connectivity index (χ0n) is 15.4. The van der Waals surface area contributed by atoms with Gasteiger partial charge >= 0.3 is 0 Å². The maximum atomic E-state index is 12.7. The minimum absolute atomic E-state index is 0.0529. The zero-order valence-corrected chi connectivity index (χ0v) is 16.2. The molecule has 1 fully saturated rings. The van der Waals surface area contributed by atoms with Crippen LogP contribution in [0, 0.1) is 6.92 Å². The summed E-state index contributed by atoms with van der Waals surface area (Å²) in [6.45, 7) is 5.42. The number of sulfonamides is 1. The molecule has 0 spiro atoms. The number of rotatable bonds is 4. The minimum Gasteiger partial charge on any atom is -0.486 e. The van der Waals surface area contributed by atoms with E-state index in [-0.39, 0.29) is 5.75 Å². The van der Waals surface area contributed by atoms with Crippen molar-refractivity contribution in [3.63, 3.8) is 0 Å². The van der Waals surface area contributed by atoms with E-state index in [1.807, 2.05) is 49.4 Å². The largest absolute Gasteiger partial charge is 0.486 e. The summed E-state index contributed by atoms with van der Waals surface area (Å²) in [4.78, 5) is 2.19. The summed E-state index contributed by atoms with van der Waals surface area (Å²) in [5.74, 6) is 1.58. The normalized spacial score (nSPS) is 17.7. The number of anilines is 1. The van der Waals surface area contributed by atoms with Gasteiger partial charge in [0.15, 0.2) is 11.5 Å². The first-order chi connectivity index (χ1) is 13.0. The van der Waals surface area contributed by atoms with Crippen molar-refractivity contribution in [1.82, 2.24) is 4.31 Å². The average Bonchev–Trinajstić information content (AvgIpc) is 2.69. The number of fused-ring (bicyclic) bond motifs is 1. The fraction of sp³-hybridized carbons (Fsp3) is 0.400. The molecule has 2 aromatic rings. The first-order valence-electron chi connectivity index (χ1n) is 9.19. The highest BCUT2D eigenvalue weighted by molar-refractivity contribution is 7.88. The molecule has 27 heavy (non-hydrogen) atoms. The highest BCUT2D eigenvalue weighted by Gasteiger charge is 2.27. The molecule has 4 rings (SSSR count). The summed E-state index contributed by atoms with van der Waals surface area (Å²) in [6.07, 6.45) is 0. The Hall–Kier alpha value is -2.25. The van der Waals surface area contributed by atoms with Crippen molar-refractivity contribution in [2.75, 3.05) is 44.3 Å². The number of hydrogen-bond acceptors (Lipinski definition) is 5. The highest BCUT2D eigenvalue weighted by atomic mass is 32.2. The Labute approximate surface area is 160 Å². The maximum Gasteiger partial charge on any atom is 0.218 e. The third-order valence-electron chi connectivity index (χ3n) is 4.99. The molecule has 7 heteroatoms. The van der Waals surface area contributed by atoms with Gasteiger partial charge < -0.3 is 14.4 Å². The smallest absolute Gasteiger partial charge is 0.218 e. The highest BCUT2D eigenvalue weighted by Crippen LogP contribution is 2.34. The number of nitrogens with zero attached hydrogens (tertiary/aromatic N) is 2. The number of ether oxygens (including phenoxy) is 2. The summed E-state index contributed by atoms with van der Waals surface area (Å²) in [6, 6.07) is 13.6. The van der Waals surface area contributed by atoms with Gasteiger partial charge in [0.05, 0.1) is 5.75 Å². The van der Waals surface area contributed by atoms with E-state index in [4.69, 9.17) is 9.47 Å². The molecule has 2 heterocycles. The lowest BCUT2D eigenvalue weighted by Gasteiger charge is -2.35. The van der Waals surface area contributed by atoms with Crippen LogP contribution in [-0.4, -0.2) is 52.1 Å². The fourth-order valence-electron chi connectivity index (χ4n) is 3.44. The van der Waals surface area contributed by atoms with Gasteiger partial charge in [-0.2, -0.15) is 4.31 Å². The molecule has 0 aliphatic carbocycles. The predicted octanol–water partition coefficient (Wildman–Crippen LogP) is 2.42. The van der Waals surface area contributed by atoms with Crippen molar-refractivity contribution < 1.29 is 17.9 Å². The standard InChI is InChI=1S/C20H24N2O4S/c1-16-2-4-17(5-3-16)15-27(23,24)22-10-8-21(9-11-22)18-6-7-19-20(14-18)26-13-12-25-19/h2-7,14H,8-13,15H2,1H3. The van der Waals surface area contributed by atoms with E-state index in [9.17, 15) is 8.42 Å². The Morgan fingerprint density at radius 3 is 2.26 bits per heavy atom. The summed E-state index contributed by atoms with van der Waals surface area (Å²) < 4.78 is 38.3. The van der Waals surface area contributed by atoms with Gasteiger partial charge in [0.2, 0.25) is 10.0 Å². The van der Waals surface area contributed by atoms with Crippen LogP contribution in [0.1, 0.15) is 11.1 Å². The molecule has 2 aromatic carbocycles. The van der Waals surface area contributed by atoms with Crippen molar-refractivity contribution in [3.8, 4) is 11.5 Å². The molecule has 6 nitrogen and oxygen atoms in total. The van der Waals surface area contributed by atoms with Crippen LogP contribution in [-0.2, 0) is 15.8 Å². The minimum atomic E-state index is -3.31. The van der Waals surface area contributed by atoms with Crippen LogP contribution < -0.4 is 14.4 Å². The van der Waals surface area contributed by atoms with Gasteiger partial charge in [0.1, 0.15) is 13.2 Å². The second-order valence-corrected chi connectivity index (χ2v) is 8.92. The van der Waals surface area contributed by atoms with Gasteiger partial charge in [0, 0.05) is 37.9 Å². The van der Waals surface area contributed by atoms with E-state index in [0.717, 1.165) is 28.3 Å². The number of piperazine rings is 1. The molecule has 2 aliphatic rings. The second-order valence-electron chi connectivity index (χ2n) is 6.96. The van der Waals surface area contributed by atoms with Crippen molar-refractivity contribution in [3.05, 3.63) is 53.6 Å². The number of aryl methyl sites for hydroxylation is 1. The number of hydrogen-bond donors (Lipinski definition) is 0. The molecule has 0 unspecified atom stereocenters. The summed E-state index contributed by atoms with van der Waals surface area (Å²) in [7, 11) is -3.31. The lowest BCUT2D eigenvalue weighted by atomic mass is 10.2. The van der Waals surface area contributed by atoms with Crippen LogP contribution in [0.2, 0.25) is 0 Å². The molecule has 144 valence electrons. The molecular weight excluding hydrogens is 364 g/mol. The van der Waals surface area contributed by atoms with E-state index in [1.165, 1.54) is 0 Å². The Balaban J connectivity index is 1.40. The molecule has 0 radical (unpaired) electrons. The topological polar surface area (TPSA) is 59.1 Å². The first-order valence-corrected chi connectivity index (χ1v) is 10.8. The van der Waals surface area contributed by atoms with Crippen molar-refractivity contribution >= 4 is 15.7 Å². The Morgan fingerprint density at radius 2 is 1.56 bits per heavy atom. The lowest BCUT2D eigenvalue weighted by molar-refractivity contribution is 0.171. The van der Waals surface area contributed by atoms with Gasteiger partial charge in [-0.3, -0.25) is 0 Å². The third kappa shape index (κ3) is 4.04. The van der Waals surface area contributed by atoms with Crippen LogP contribution in [0.25, 0.3) is 0 Å².